The highest BCUT2D eigenvalue weighted by Crippen LogP contribution is 2.07. The molecule has 1 saturated heterocycles. The van der Waals surface area contributed by atoms with E-state index in [9.17, 15) is 4.79 Å². The van der Waals surface area contributed by atoms with Gasteiger partial charge in [0.25, 0.3) is 0 Å². The van der Waals surface area contributed by atoms with E-state index in [1.807, 2.05) is 19.1 Å². The number of amides is 1. The first-order valence-corrected chi connectivity index (χ1v) is 5.82. The second-order valence-electron chi connectivity index (χ2n) is 4.34. The molecule has 2 heterocycles. The molecular weight excluding hydrogens is 204 g/mol. The quantitative estimate of drug-likeness (QED) is 0.801. The molecule has 0 radical (unpaired) electrons. The maximum atomic E-state index is 11.8. The summed E-state index contributed by atoms with van der Waals surface area (Å²) in [4.78, 5) is 11.8. The molecule has 4 nitrogen and oxygen atoms in total. The average Bonchev–Trinajstić information content (AvgIpc) is 2.88. The summed E-state index contributed by atoms with van der Waals surface area (Å²) in [6.45, 7) is 2.94. The topological polar surface area (TPSA) is 54.3 Å². The van der Waals surface area contributed by atoms with Gasteiger partial charge >= 0.3 is 0 Å². The monoisotopic (exact) mass is 222 g/mol. The maximum absolute atomic E-state index is 11.8. The number of nitrogens with one attached hydrogen (secondary N) is 2. The zero-order valence-corrected chi connectivity index (χ0v) is 9.53. The smallest absolute Gasteiger partial charge is 0.237 e. The highest BCUT2D eigenvalue weighted by Gasteiger charge is 2.23. The molecule has 2 atom stereocenters. The molecular formula is C12H18N2O2. The van der Waals surface area contributed by atoms with Crippen molar-refractivity contribution in [3.8, 4) is 0 Å². The van der Waals surface area contributed by atoms with Crippen LogP contribution in [-0.4, -0.2) is 24.5 Å². The van der Waals surface area contributed by atoms with E-state index in [-0.39, 0.29) is 18.0 Å². The summed E-state index contributed by atoms with van der Waals surface area (Å²) in [5.74, 6) is 1.02. The van der Waals surface area contributed by atoms with Crippen LogP contribution in [0.4, 0.5) is 0 Å². The van der Waals surface area contributed by atoms with Crippen molar-refractivity contribution in [2.45, 2.75) is 38.3 Å². The fourth-order valence-corrected chi connectivity index (χ4v) is 2.03. The Balaban J connectivity index is 1.78. The van der Waals surface area contributed by atoms with Gasteiger partial charge in [-0.2, -0.15) is 0 Å². The predicted octanol–water partition coefficient (Wildman–Crippen LogP) is 1.08. The minimum Gasteiger partial charge on any atom is -0.469 e. The van der Waals surface area contributed by atoms with Crippen LogP contribution in [0.3, 0.4) is 0 Å². The standard InChI is InChI=1S/C12H18N2O2/c1-9(8-10-4-3-7-16-10)14-12(15)11-5-2-6-13-11/h3-4,7,9,11,13H,2,5-6,8H2,1H3,(H,14,15)/t9?,11-/m1/s1. The largest absolute Gasteiger partial charge is 0.469 e. The Morgan fingerprint density at radius 2 is 2.62 bits per heavy atom. The fraction of sp³-hybridized carbons (Fsp3) is 0.583. The third-order valence-corrected chi connectivity index (χ3v) is 2.85. The summed E-state index contributed by atoms with van der Waals surface area (Å²) < 4.78 is 5.24. The number of rotatable bonds is 4. The molecule has 0 aromatic carbocycles. The zero-order valence-electron chi connectivity index (χ0n) is 9.53. The molecule has 0 bridgehead atoms. The molecule has 1 aliphatic rings. The first-order valence-electron chi connectivity index (χ1n) is 5.82. The number of furan rings is 1. The van der Waals surface area contributed by atoms with Crippen molar-refractivity contribution in [2.75, 3.05) is 6.54 Å². The van der Waals surface area contributed by atoms with Crippen LogP contribution in [0.1, 0.15) is 25.5 Å². The third kappa shape index (κ3) is 2.85. The van der Waals surface area contributed by atoms with Gasteiger partial charge in [-0.1, -0.05) is 0 Å². The van der Waals surface area contributed by atoms with Gasteiger partial charge in [-0.05, 0) is 38.4 Å². The lowest BCUT2D eigenvalue weighted by Gasteiger charge is -2.16. The lowest BCUT2D eigenvalue weighted by Crippen LogP contribution is -2.44. The molecule has 1 unspecified atom stereocenters. The van der Waals surface area contributed by atoms with Crippen molar-refractivity contribution in [1.82, 2.24) is 10.6 Å². The average molecular weight is 222 g/mol. The summed E-state index contributed by atoms with van der Waals surface area (Å²) in [5, 5.41) is 6.18. The van der Waals surface area contributed by atoms with Crippen molar-refractivity contribution >= 4 is 5.91 Å². The van der Waals surface area contributed by atoms with E-state index in [0.29, 0.717) is 0 Å². The molecule has 88 valence electrons. The number of carbonyl (C=O) groups is 1. The van der Waals surface area contributed by atoms with Crippen LogP contribution in [0.2, 0.25) is 0 Å². The van der Waals surface area contributed by atoms with E-state index in [1.54, 1.807) is 6.26 Å². The minimum atomic E-state index is -0.000879. The van der Waals surface area contributed by atoms with E-state index in [0.717, 1.165) is 31.6 Å². The van der Waals surface area contributed by atoms with Gasteiger partial charge in [0, 0.05) is 12.5 Å². The Bertz CT molecular complexity index is 329. The first kappa shape index (κ1) is 11.2. The Morgan fingerprint density at radius 3 is 3.25 bits per heavy atom. The van der Waals surface area contributed by atoms with Crippen molar-refractivity contribution < 1.29 is 9.21 Å². The zero-order chi connectivity index (χ0) is 11.4. The van der Waals surface area contributed by atoms with Crippen LogP contribution >= 0.6 is 0 Å². The Hall–Kier alpha value is -1.29. The van der Waals surface area contributed by atoms with Gasteiger partial charge in [0.2, 0.25) is 5.91 Å². The van der Waals surface area contributed by atoms with Gasteiger partial charge in [-0.25, -0.2) is 0 Å². The Labute approximate surface area is 95.4 Å². The van der Waals surface area contributed by atoms with Gasteiger partial charge in [-0.3, -0.25) is 4.79 Å². The van der Waals surface area contributed by atoms with Crippen molar-refractivity contribution in [2.24, 2.45) is 0 Å². The van der Waals surface area contributed by atoms with Crippen LogP contribution in [0.5, 0.6) is 0 Å². The second kappa shape index (κ2) is 5.16. The van der Waals surface area contributed by atoms with E-state index in [1.165, 1.54) is 0 Å². The maximum Gasteiger partial charge on any atom is 0.237 e. The molecule has 1 aromatic heterocycles. The highest BCUT2D eigenvalue weighted by atomic mass is 16.3. The normalized spacial score (nSPS) is 21.9. The van der Waals surface area contributed by atoms with Crippen LogP contribution in [0, 0.1) is 0 Å². The lowest BCUT2D eigenvalue weighted by molar-refractivity contribution is -0.123. The van der Waals surface area contributed by atoms with E-state index >= 15 is 0 Å². The summed E-state index contributed by atoms with van der Waals surface area (Å²) >= 11 is 0. The number of hydrogen-bond donors (Lipinski definition) is 2. The third-order valence-electron chi connectivity index (χ3n) is 2.85. The summed E-state index contributed by atoms with van der Waals surface area (Å²) in [5.41, 5.74) is 0. The highest BCUT2D eigenvalue weighted by molar-refractivity contribution is 5.82. The number of carbonyl (C=O) groups excluding carboxylic acids is 1. The van der Waals surface area contributed by atoms with Crippen LogP contribution in [0.25, 0.3) is 0 Å². The Kier molecular flexibility index (Phi) is 3.62. The molecule has 1 aromatic rings. The second-order valence-corrected chi connectivity index (χ2v) is 4.34. The van der Waals surface area contributed by atoms with Crippen LogP contribution < -0.4 is 10.6 Å². The molecule has 1 amide bonds. The van der Waals surface area contributed by atoms with E-state index in [2.05, 4.69) is 10.6 Å². The molecule has 0 saturated carbocycles. The molecule has 4 heteroatoms. The molecule has 2 rings (SSSR count). The van der Waals surface area contributed by atoms with E-state index < -0.39 is 0 Å². The first-order chi connectivity index (χ1) is 7.75. The van der Waals surface area contributed by atoms with Gasteiger partial charge in [0.1, 0.15) is 5.76 Å². The SMILES string of the molecule is CC(Cc1ccco1)NC(=O)[C@H]1CCCN1. The lowest BCUT2D eigenvalue weighted by atomic mass is 10.1. The summed E-state index contributed by atoms with van der Waals surface area (Å²) in [6.07, 6.45) is 4.43. The molecule has 1 aliphatic heterocycles. The molecule has 0 spiro atoms. The fourth-order valence-electron chi connectivity index (χ4n) is 2.03. The Morgan fingerprint density at radius 1 is 1.75 bits per heavy atom. The summed E-state index contributed by atoms with van der Waals surface area (Å²) in [6, 6.07) is 3.90. The van der Waals surface area contributed by atoms with Gasteiger partial charge in [0.15, 0.2) is 0 Å². The van der Waals surface area contributed by atoms with Gasteiger partial charge in [-0.15, -0.1) is 0 Å². The van der Waals surface area contributed by atoms with Gasteiger partial charge < -0.3 is 15.1 Å². The minimum absolute atomic E-state index is 0.000879. The van der Waals surface area contributed by atoms with Crippen molar-refractivity contribution in [3.63, 3.8) is 0 Å². The van der Waals surface area contributed by atoms with Crippen molar-refractivity contribution in [1.29, 1.82) is 0 Å². The van der Waals surface area contributed by atoms with Gasteiger partial charge in [0.05, 0.1) is 12.3 Å². The molecule has 1 fully saturated rings. The van der Waals surface area contributed by atoms with Crippen LogP contribution in [-0.2, 0) is 11.2 Å². The predicted molar refractivity (Wildman–Crippen MR) is 61.0 cm³/mol. The van der Waals surface area contributed by atoms with Crippen LogP contribution in [0.15, 0.2) is 22.8 Å². The molecule has 0 aliphatic carbocycles. The van der Waals surface area contributed by atoms with Crippen molar-refractivity contribution in [3.05, 3.63) is 24.2 Å². The van der Waals surface area contributed by atoms with E-state index in [4.69, 9.17) is 4.42 Å². The summed E-state index contributed by atoms with van der Waals surface area (Å²) in [7, 11) is 0. The molecule has 2 N–H and O–H groups in total. The molecule has 16 heavy (non-hydrogen) atoms. The number of hydrogen-bond acceptors (Lipinski definition) is 3.